The molecule has 0 aliphatic rings. The molecule has 0 radical (unpaired) electrons. The molecule has 2 N–H and O–H groups in total. The molecule has 1 heterocycles. The zero-order chi connectivity index (χ0) is 14.2. The highest BCUT2D eigenvalue weighted by molar-refractivity contribution is 5.77. The van der Waals surface area contributed by atoms with E-state index >= 15 is 0 Å². The van der Waals surface area contributed by atoms with Crippen LogP contribution in [0.4, 0.5) is 13.2 Å². The number of halogens is 3. The highest BCUT2D eigenvalue weighted by Crippen LogP contribution is 2.31. The summed E-state index contributed by atoms with van der Waals surface area (Å²) in [6.45, 7) is 0.821. The Labute approximate surface area is 107 Å². The number of aryl methyl sites for hydroxylation is 2. The molecule has 0 fully saturated rings. The van der Waals surface area contributed by atoms with Gasteiger partial charge in [0.25, 0.3) is 0 Å². The lowest BCUT2D eigenvalue weighted by atomic mass is 10.2. The molecule has 0 aliphatic carbocycles. The molecule has 4 nitrogen and oxygen atoms in total. The second-order valence-electron chi connectivity index (χ2n) is 4.34. The predicted molar refractivity (Wildman–Crippen MR) is 65.9 cm³/mol. The van der Waals surface area contributed by atoms with Crippen LogP contribution in [0.5, 0.6) is 0 Å². The second kappa shape index (κ2) is 4.73. The summed E-state index contributed by atoms with van der Waals surface area (Å²) in [7, 11) is 1.46. The van der Waals surface area contributed by atoms with Crippen LogP contribution in [-0.4, -0.2) is 15.7 Å². The van der Waals surface area contributed by atoms with Crippen molar-refractivity contribution in [1.29, 1.82) is 0 Å². The van der Waals surface area contributed by atoms with Crippen molar-refractivity contribution in [3.05, 3.63) is 34.2 Å². The van der Waals surface area contributed by atoms with Crippen LogP contribution < -0.4 is 11.4 Å². The van der Waals surface area contributed by atoms with Crippen molar-refractivity contribution in [2.45, 2.75) is 19.1 Å². The van der Waals surface area contributed by atoms with E-state index in [9.17, 15) is 18.0 Å². The lowest BCUT2D eigenvalue weighted by Crippen LogP contribution is -2.23. The Hall–Kier alpha value is -1.76. The standard InChI is InChI=1S/C12H14F3N3O/c1-17-10-7-8(12(13,14)15)3-4-9(10)18(11(17)19)6-2-5-16/h3-4,7H,2,5-6,16H2,1H3. The van der Waals surface area contributed by atoms with Gasteiger partial charge in [-0.15, -0.1) is 0 Å². The zero-order valence-electron chi connectivity index (χ0n) is 10.4. The first kappa shape index (κ1) is 13.7. The van der Waals surface area contributed by atoms with Crippen LogP contribution in [0, 0.1) is 0 Å². The van der Waals surface area contributed by atoms with Gasteiger partial charge in [-0.25, -0.2) is 4.79 Å². The Kier molecular flexibility index (Phi) is 3.40. The molecule has 0 saturated carbocycles. The first-order valence-corrected chi connectivity index (χ1v) is 5.83. The minimum absolute atomic E-state index is 0.275. The van der Waals surface area contributed by atoms with E-state index in [0.717, 1.165) is 12.1 Å². The minimum atomic E-state index is -4.41. The fraction of sp³-hybridized carbons (Fsp3) is 0.417. The molecule has 2 rings (SSSR count). The van der Waals surface area contributed by atoms with Gasteiger partial charge >= 0.3 is 11.9 Å². The number of alkyl halides is 3. The molecule has 0 bridgehead atoms. The molecular formula is C12H14F3N3O. The number of benzene rings is 1. The van der Waals surface area contributed by atoms with Gasteiger partial charge in [0.15, 0.2) is 0 Å². The summed E-state index contributed by atoms with van der Waals surface area (Å²) in [5, 5.41) is 0. The first-order valence-electron chi connectivity index (χ1n) is 5.83. The van der Waals surface area contributed by atoms with Gasteiger partial charge in [0.05, 0.1) is 16.6 Å². The monoisotopic (exact) mass is 273 g/mol. The average molecular weight is 273 g/mol. The number of imidazole rings is 1. The van der Waals surface area contributed by atoms with Crippen molar-refractivity contribution in [3.63, 3.8) is 0 Å². The Morgan fingerprint density at radius 3 is 2.53 bits per heavy atom. The lowest BCUT2D eigenvalue weighted by molar-refractivity contribution is -0.137. The van der Waals surface area contributed by atoms with Gasteiger partial charge in [-0.05, 0) is 31.2 Å². The van der Waals surface area contributed by atoms with Gasteiger partial charge in [0.2, 0.25) is 0 Å². The third-order valence-electron chi connectivity index (χ3n) is 3.06. The quantitative estimate of drug-likeness (QED) is 0.925. The molecule has 104 valence electrons. The molecule has 19 heavy (non-hydrogen) atoms. The van der Waals surface area contributed by atoms with Gasteiger partial charge < -0.3 is 5.73 Å². The maximum Gasteiger partial charge on any atom is 0.416 e. The summed E-state index contributed by atoms with van der Waals surface area (Å²) in [5.74, 6) is 0. The molecule has 0 amide bonds. The number of hydrogen-bond donors (Lipinski definition) is 1. The van der Waals surface area contributed by atoms with Crippen LogP contribution >= 0.6 is 0 Å². The number of rotatable bonds is 3. The molecule has 0 spiro atoms. The van der Waals surface area contributed by atoms with Gasteiger partial charge in [-0.1, -0.05) is 0 Å². The van der Waals surface area contributed by atoms with E-state index in [4.69, 9.17) is 5.73 Å². The maximum atomic E-state index is 12.6. The van der Waals surface area contributed by atoms with Crippen molar-refractivity contribution in [3.8, 4) is 0 Å². The fourth-order valence-electron chi connectivity index (χ4n) is 2.05. The summed E-state index contributed by atoms with van der Waals surface area (Å²) >= 11 is 0. The number of aromatic nitrogens is 2. The smallest absolute Gasteiger partial charge is 0.330 e. The van der Waals surface area contributed by atoms with E-state index in [1.807, 2.05) is 0 Å². The minimum Gasteiger partial charge on any atom is -0.330 e. The normalized spacial score (nSPS) is 12.3. The number of nitrogens with two attached hydrogens (primary N) is 1. The molecule has 0 aliphatic heterocycles. The van der Waals surface area contributed by atoms with Crippen LogP contribution in [0.2, 0.25) is 0 Å². The van der Waals surface area contributed by atoms with E-state index in [2.05, 4.69) is 0 Å². The Bertz CT molecular complexity index is 655. The topological polar surface area (TPSA) is 53.0 Å². The zero-order valence-corrected chi connectivity index (χ0v) is 10.4. The van der Waals surface area contributed by atoms with E-state index in [1.54, 1.807) is 0 Å². The SMILES string of the molecule is Cn1c(=O)n(CCCN)c2ccc(C(F)(F)F)cc21. The van der Waals surface area contributed by atoms with Crippen molar-refractivity contribution in [1.82, 2.24) is 9.13 Å². The van der Waals surface area contributed by atoms with Crippen molar-refractivity contribution < 1.29 is 13.2 Å². The molecule has 0 saturated heterocycles. The van der Waals surface area contributed by atoms with Crippen LogP contribution in [0.15, 0.2) is 23.0 Å². The van der Waals surface area contributed by atoms with Crippen molar-refractivity contribution >= 4 is 11.0 Å². The third-order valence-corrected chi connectivity index (χ3v) is 3.06. The summed E-state index contributed by atoms with van der Waals surface area (Å²) in [4.78, 5) is 12.0. The van der Waals surface area contributed by atoms with Crippen LogP contribution in [-0.2, 0) is 19.8 Å². The van der Waals surface area contributed by atoms with Crippen molar-refractivity contribution in [2.24, 2.45) is 12.8 Å². The largest absolute Gasteiger partial charge is 0.416 e. The molecule has 1 aromatic carbocycles. The molecule has 7 heteroatoms. The first-order chi connectivity index (χ1) is 8.86. The summed E-state index contributed by atoms with van der Waals surface area (Å²) in [6.07, 6.45) is -3.82. The second-order valence-corrected chi connectivity index (χ2v) is 4.34. The fourth-order valence-corrected chi connectivity index (χ4v) is 2.05. The maximum absolute atomic E-state index is 12.6. The predicted octanol–water partition coefficient (Wildman–Crippen LogP) is 1.71. The summed E-state index contributed by atoms with van der Waals surface area (Å²) < 4.78 is 40.6. The van der Waals surface area contributed by atoms with Gasteiger partial charge in [0, 0.05) is 13.6 Å². The van der Waals surface area contributed by atoms with Gasteiger partial charge in [0.1, 0.15) is 0 Å². The van der Waals surface area contributed by atoms with E-state index in [-0.39, 0.29) is 11.2 Å². The van der Waals surface area contributed by atoms with E-state index < -0.39 is 11.7 Å². The average Bonchev–Trinajstić information content (AvgIpc) is 2.59. The van der Waals surface area contributed by atoms with Crippen molar-refractivity contribution in [2.75, 3.05) is 6.54 Å². The lowest BCUT2D eigenvalue weighted by Gasteiger charge is -2.07. The number of fused-ring (bicyclic) bond motifs is 1. The molecule has 0 atom stereocenters. The van der Waals surface area contributed by atoms with Crippen LogP contribution in [0.1, 0.15) is 12.0 Å². The van der Waals surface area contributed by atoms with E-state index in [0.29, 0.717) is 25.0 Å². The number of nitrogens with zero attached hydrogens (tertiary/aromatic N) is 2. The molecule has 2 aromatic rings. The molecule has 1 aromatic heterocycles. The Morgan fingerprint density at radius 1 is 1.26 bits per heavy atom. The Balaban J connectivity index is 2.62. The number of hydrogen-bond acceptors (Lipinski definition) is 2. The molecular weight excluding hydrogens is 259 g/mol. The summed E-state index contributed by atoms with van der Waals surface area (Å²) in [5.41, 5.74) is 5.07. The third kappa shape index (κ3) is 2.37. The van der Waals surface area contributed by atoms with Crippen LogP contribution in [0.25, 0.3) is 11.0 Å². The highest BCUT2D eigenvalue weighted by Gasteiger charge is 2.31. The van der Waals surface area contributed by atoms with Crippen LogP contribution in [0.3, 0.4) is 0 Å². The van der Waals surface area contributed by atoms with Gasteiger partial charge in [-0.2, -0.15) is 13.2 Å². The van der Waals surface area contributed by atoms with Gasteiger partial charge in [-0.3, -0.25) is 9.13 Å². The Morgan fingerprint density at radius 2 is 1.95 bits per heavy atom. The van der Waals surface area contributed by atoms with E-state index in [1.165, 1.54) is 22.2 Å². The highest BCUT2D eigenvalue weighted by atomic mass is 19.4. The summed E-state index contributed by atoms with van der Waals surface area (Å²) in [6, 6.07) is 3.31. The molecule has 0 unspecified atom stereocenters.